The fourth-order valence-electron chi connectivity index (χ4n) is 1.80. The number of hydrogen-bond donors (Lipinski definition) is 0. The van der Waals surface area contributed by atoms with Crippen LogP contribution in [-0.4, -0.2) is 14.2 Å². The molecule has 0 saturated carbocycles. The first-order valence-corrected chi connectivity index (χ1v) is 7.47. The standard InChI is InChI=1S/C14H15BrO2S/c1-16-11-3-4-12(14(8-11)17-2)13(15)7-10-5-6-18-9-10/h3-6,8-9,13H,7H2,1-2H3. The van der Waals surface area contributed by atoms with Gasteiger partial charge in [-0.1, -0.05) is 22.0 Å². The van der Waals surface area contributed by atoms with Gasteiger partial charge in [-0.3, -0.25) is 0 Å². The van der Waals surface area contributed by atoms with Gasteiger partial charge >= 0.3 is 0 Å². The van der Waals surface area contributed by atoms with Crippen molar-refractivity contribution in [2.45, 2.75) is 11.2 Å². The molecule has 1 heterocycles. The molecule has 1 aromatic heterocycles. The van der Waals surface area contributed by atoms with E-state index in [4.69, 9.17) is 9.47 Å². The Morgan fingerprint density at radius 3 is 2.67 bits per heavy atom. The lowest BCUT2D eigenvalue weighted by Crippen LogP contribution is -1.98. The maximum Gasteiger partial charge on any atom is 0.126 e. The molecule has 0 amide bonds. The van der Waals surface area contributed by atoms with E-state index in [1.165, 1.54) is 5.56 Å². The molecule has 2 rings (SSSR count). The van der Waals surface area contributed by atoms with E-state index in [2.05, 4.69) is 32.8 Å². The van der Waals surface area contributed by atoms with Gasteiger partial charge in [0.2, 0.25) is 0 Å². The summed E-state index contributed by atoms with van der Waals surface area (Å²) in [4.78, 5) is 0.243. The largest absolute Gasteiger partial charge is 0.497 e. The van der Waals surface area contributed by atoms with Crippen molar-refractivity contribution < 1.29 is 9.47 Å². The molecular weight excluding hydrogens is 312 g/mol. The summed E-state index contributed by atoms with van der Waals surface area (Å²) in [5, 5.41) is 4.27. The Balaban J connectivity index is 2.21. The van der Waals surface area contributed by atoms with Crippen molar-refractivity contribution in [3.8, 4) is 11.5 Å². The predicted octanol–water partition coefficient (Wildman–Crippen LogP) is 4.44. The Morgan fingerprint density at radius 1 is 1.22 bits per heavy atom. The highest BCUT2D eigenvalue weighted by atomic mass is 79.9. The molecule has 0 bridgehead atoms. The van der Waals surface area contributed by atoms with Crippen LogP contribution >= 0.6 is 27.3 Å². The third-order valence-electron chi connectivity index (χ3n) is 2.77. The summed E-state index contributed by atoms with van der Waals surface area (Å²) in [5.74, 6) is 1.66. The minimum atomic E-state index is 0.243. The Morgan fingerprint density at radius 2 is 2.06 bits per heavy atom. The first kappa shape index (κ1) is 13.4. The molecule has 1 aromatic carbocycles. The SMILES string of the molecule is COc1ccc(C(Br)Cc2ccsc2)c(OC)c1. The molecule has 0 N–H and O–H groups in total. The van der Waals surface area contributed by atoms with Crippen LogP contribution in [0.3, 0.4) is 0 Å². The van der Waals surface area contributed by atoms with Crippen molar-refractivity contribution in [2.24, 2.45) is 0 Å². The fraction of sp³-hybridized carbons (Fsp3) is 0.286. The minimum Gasteiger partial charge on any atom is -0.497 e. The lowest BCUT2D eigenvalue weighted by atomic mass is 10.1. The molecule has 2 aromatic rings. The summed E-state index contributed by atoms with van der Waals surface area (Å²) < 4.78 is 10.6. The Bertz CT molecular complexity index is 497. The molecular formula is C14H15BrO2S. The van der Waals surface area contributed by atoms with Crippen molar-refractivity contribution in [1.82, 2.24) is 0 Å². The fourth-order valence-corrected chi connectivity index (χ4v) is 3.24. The molecule has 1 unspecified atom stereocenters. The van der Waals surface area contributed by atoms with Crippen LogP contribution in [0.2, 0.25) is 0 Å². The quantitative estimate of drug-likeness (QED) is 0.756. The molecule has 0 fully saturated rings. The Kier molecular flexibility index (Phi) is 4.66. The second-order valence-electron chi connectivity index (χ2n) is 3.91. The Labute approximate surface area is 120 Å². The normalized spacial score (nSPS) is 12.2. The van der Waals surface area contributed by atoms with Gasteiger partial charge in [-0.25, -0.2) is 0 Å². The number of ether oxygens (including phenoxy) is 2. The Hall–Kier alpha value is -1.00. The van der Waals surface area contributed by atoms with Gasteiger partial charge in [0.25, 0.3) is 0 Å². The van der Waals surface area contributed by atoms with Crippen molar-refractivity contribution >= 4 is 27.3 Å². The third kappa shape index (κ3) is 3.06. The zero-order valence-corrected chi connectivity index (χ0v) is 12.8. The summed E-state index contributed by atoms with van der Waals surface area (Å²) >= 11 is 5.45. The van der Waals surface area contributed by atoms with Crippen molar-refractivity contribution in [3.63, 3.8) is 0 Å². The van der Waals surface area contributed by atoms with Crippen LogP contribution in [0.1, 0.15) is 16.0 Å². The van der Waals surface area contributed by atoms with Crippen molar-refractivity contribution in [2.75, 3.05) is 14.2 Å². The maximum absolute atomic E-state index is 5.42. The highest BCUT2D eigenvalue weighted by Crippen LogP contribution is 2.36. The van der Waals surface area contributed by atoms with Crippen molar-refractivity contribution in [1.29, 1.82) is 0 Å². The number of rotatable bonds is 5. The summed E-state index contributed by atoms with van der Waals surface area (Å²) in [6.45, 7) is 0. The zero-order valence-electron chi connectivity index (χ0n) is 10.4. The number of thiophene rings is 1. The predicted molar refractivity (Wildman–Crippen MR) is 79.2 cm³/mol. The summed E-state index contributed by atoms with van der Waals surface area (Å²) in [7, 11) is 3.34. The van der Waals surface area contributed by atoms with Crippen LogP contribution in [0, 0.1) is 0 Å². The summed E-state index contributed by atoms with van der Waals surface area (Å²) in [6, 6.07) is 8.06. The zero-order chi connectivity index (χ0) is 13.0. The van der Waals surface area contributed by atoms with E-state index in [0.717, 1.165) is 23.5 Å². The monoisotopic (exact) mass is 326 g/mol. The second kappa shape index (κ2) is 6.25. The minimum absolute atomic E-state index is 0.243. The highest BCUT2D eigenvalue weighted by molar-refractivity contribution is 9.09. The average molecular weight is 327 g/mol. The van der Waals surface area contributed by atoms with Crippen LogP contribution in [0.25, 0.3) is 0 Å². The van der Waals surface area contributed by atoms with Gasteiger partial charge in [-0.2, -0.15) is 11.3 Å². The number of benzene rings is 1. The van der Waals surface area contributed by atoms with Gasteiger partial charge in [0.1, 0.15) is 11.5 Å². The van der Waals surface area contributed by atoms with E-state index in [9.17, 15) is 0 Å². The van der Waals surface area contributed by atoms with Crippen LogP contribution in [-0.2, 0) is 6.42 Å². The van der Waals surface area contributed by atoms with E-state index in [-0.39, 0.29) is 4.83 Å². The van der Waals surface area contributed by atoms with Crippen LogP contribution in [0.15, 0.2) is 35.0 Å². The highest BCUT2D eigenvalue weighted by Gasteiger charge is 2.14. The first-order chi connectivity index (χ1) is 8.74. The smallest absolute Gasteiger partial charge is 0.126 e. The van der Waals surface area contributed by atoms with Gasteiger partial charge in [-0.15, -0.1) is 0 Å². The molecule has 96 valence electrons. The van der Waals surface area contributed by atoms with Crippen molar-refractivity contribution in [3.05, 3.63) is 46.2 Å². The van der Waals surface area contributed by atoms with E-state index in [1.807, 2.05) is 18.2 Å². The molecule has 4 heteroatoms. The molecule has 0 radical (unpaired) electrons. The molecule has 0 saturated heterocycles. The number of halogens is 1. The molecule has 1 atom stereocenters. The molecule has 18 heavy (non-hydrogen) atoms. The first-order valence-electron chi connectivity index (χ1n) is 5.61. The van der Waals surface area contributed by atoms with Gasteiger partial charge in [0, 0.05) is 16.5 Å². The van der Waals surface area contributed by atoms with E-state index < -0.39 is 0 Å². The van der Waals surface area contributed by atoms with Gasteiger partial charge in [0.15, 0.2) is 0 Å². The lowest BCUT2D eigenvalue weighted by Gasteiger charge is -2.14. The van der Waals surface area contributed by atoms with E-state index in [1.54, 1.807) is 25.6 Å². The van der Waals surface area contributed by atoms with Crippen LogP contribution in [0.5, 0.6) is 11.5 Å². The number of hydrogen-bond acceptors (Lipinski definition) is 3. The number of alkyl halides is 1. The summed E-state index contributed by atoms with van der Waals surface area (Å²) in [5.41, 5.74) is 2.48. The molecule has 0 spiro atoms. The van der Waals surface area contributed by atoms with Crippen LogP contribution in [0.4, 0.5) is 0 Å². The van der Waals surface area contributed by atoms with Crippen LogP contribution < -0.4 is 9.47 Å². The van der Waals surface area contributed by atoms with Gasteiger partial charge in [0.05, 0.1) is 14.2 Å². The maximum atomic E-state index is 5.42. The van der Waals surface area contributed by atoms with Gasteiger partial charge < -0.3 is 9.47 Å². The lowest BCUT2D eigenvalue weighted by molar-refractivity contribution is 0.391. The average Bonchev–Trinajstić information content (AvgIpc) is 2.90. The molecule has 0 aliphatic heterocycles. The van der Waals surface area contributed by atoms with Gasteiger partial charge in [-0.05, 0) is 34.9 Å². The van der Waals surface area contributed by atoms with E-state index in [0.29, 0.717) is 0 Å². The topological polar surface area (TPSA) is 18.5 Å². The summed E-state index contributed by atoms with van der Waals surface area (Å²) in [6.07, 6.45) is 0.951. The second-order valence-corrected chi connectivity index (χ2v) is 5.80. The molecule has 0 aliphatic rings. The third-order valence-corrected chi connectivity index (χ3v) is 4.32. The van der Waals surface area contributed by atoms with E-state index >= 15 is 0 Å². The molecule has 2 nitrogen and oxygen atoms in total. The number of methoxy groups -OCH3 is 2. The molecule has 0 aliphatic carbocycles.